The van der Waals surface area contributed by atoms with E-state index in [1.807, 2.05) is 34.9 Å². The van der Waals surface area contributed by atoms with Crippen LogP contribution in [0, 0.1) is 0 Å². The third-order valence-corrected chi connectivity index (χ3v) is 7.15. The second kappa shape index (κ2) is 7.33. The molecule has 0 unspecified atom stereocenters. The lowest BCUT2D eigenvalue weighted by atomic mass is 10.1. The lowest BCUT2D eigenvalue weighted by Crippen LogP contribution is -2.40. The molecule has 0 spiro atoms. The first-order valence-corrected chi connectivity index (χ1v) is 11.4. The number of pyridine rings is 1. The average Bonchev–Trinajstić information content (AvgIpc) is 3.50. The maximum Gasteiger partial charge on any atom is 0.336 e. The van der Waals surface area contributed by atoms with Crippen LogP contribution in [0.5, 0.6) is 5.75 Å². The van der Waals surface area contributed by atoms with Gasteiger partial charge in [-0.25, -0.2) is 9.36 Å². The molecule has 4 aromatic rings. The van der Waals surface area contributed by atoms with Gasteiger partial charge in [-0.3, -0.25) is 14.3 Å². The molecule has 6 rings (SSSR count). The van der Waals surface area contributed by atoms with Crippen LogP contribution in [0.2, 0.25) is 0 Å². The quantitative estimate of drug-likeness (QED) is 0.457. The summed E-state index contributed by atoms with van der Waals surface area (Å²) >= 11 is 0. The van der Waals surface area contributed by atoms with Gasteiger partial charge in [0.15, 0.2) is 0 Å². The Bertz CT molecular complexity index is 1490. The first kappa shape index (κ1) is 19.3. The van der Waals surface area contributed by atoms with Crippen LogP contribution in [0.1, 0.15) is 49.3 Å². The summed E-state index contributed by atoms with van der Waals surface area (Å²) in [5, 5.41) is 1.25. The van der Waals surface area contributed by atoms with E-state index in [2.05, 4.69) is 11.1 Å². The van der Waals surface area contributed by atoms with Crippen molar-refractivity contribution in [3.8, 4) is 11.4 Å². The van der Waals surface area contributed by atoms with Gasteiger partial charge in [-0.2, -0.15) is 0 Å². The third-order valence-electron chi connectivity index (χ3n) is 7.15. The minimum absolute atomic E-state index is 0.0723. The molecule has 6 nitrogen and oxygen atoms in total. The molecule has 0 N–H and O–H groups in total. The van der Waals surface area contributed by atoms with Crippen LogP contribution in [0.3, 0.4) is 0 Å². The number of methoxy groups -OCH3 is 1. The van der Waals surface area contributed by atoms with Crippen molar-refractivity contribution in [2.24, 2.45) is 0 Å². The van der Waals surface area contributed by atoms with Gasteiger partial charge in [-0.1, -0.05) is 31.0 Å². The summed E-state index contributed by atoms with van der Waals surface area (Å²) < 4.78 is 8.72. The molecule has 2 heterocycles. The SMILES string of the molecule is COc1cccc2c1ncc1c(=O)n(-c3ccc4c(c3)CCC4)c(=O)n(C3CCCC3)c12. The number of aryl methyl sites for hydroxylation is 2. The number of para-hydroxylation sites is 1. The topological polar surface area (TPSA) is 66.1 Å². The van der Waals surface area contributed by atoms with E-state index in [4.69, 9.17) is 4.74 Å². The van der Waals surface area contributed by atoms with Crippen molar-refractivity contribution in [1.82, 2.24) is 14.1 Å². The smallest absolute Gasteiger partial charge is 0.336 e. The molecule has 6 heteroatoms. The number of aromatic nitrogens is 3. The van der Waals surface area contributed by atoms with Crippen molar-refractivity contribution < 1.29 is 4.74 Å². The Labute approximate surface area is 185 Å². The van der Waals surface area contributed by atoms with Gasteiger partial charge in [0.2, 0.25) is 0 Å². The van der Waals surface area contributed by atoms with Gasteiger partial charge < -0.3 is 4.74 Å². The van der Waals surface area contributed by atoms with Crippen molar-refractivity contribution in [2.45, 2.75) is 51.0 Å². The van der Waals surface area contributed by atoms with Crippen LogP contribution in [-0.4, -0.2) is 21.2 Å². The maximum atomic E-state index is 14.0. The Morgan fingerprint density at radius 3 is 2.59 bits per heavy atom. The number of hydrogen-bond acceptors (Lipinski definition) is 4. The second-order valence-corrected chi connectivity index (χ2v) is 8.91. The van der Waals surface area contributed by atoms with Crippen LogP contribution >= 0.6 is 0 Å². The molecule has 2 aromatic heterocycles. The summed E-state index contributed by atoms with van der Waals surface area (Å²) in [6.07, 6.45) is 8.83. The third kappa shape index (κ3) is 2.75. The molecule has 0 atom stereocenters. The first-order valence-electron chi connectivity index (χ1n) is 11.4. The minimum atomic E-state index is -0.311. The van der Waals surface area contributed by atoms with E-state index in [1.165, 1.54) is 15.7 Å². The standard InChI is InChI=1S/C26H25N3O3/c1-32-22-11-5-10-20-23(22)27-15-21-24(20)28(18-8-2-3-9-18)26(31)29(25(21)30)19-13-12-16-6-4-7-17(16)14-19/h5,10-15,18H,2-4,6-9H2,1H3. The van der Waals surface area contributed by atoms with E-state index in [9.17, 15) is 9.59 Å². The van der Waals surface area contributed by atoms with E-state index in [1.54, 1.807) is 13.3 Å². The van der Waals surface area contributed by atoms with Gasteiger partial charge in [0, 0.05) is 17.6 Å². The van der Waals surface area contributed by atoms with E-state index in [-0.39, 0.29) is 17.3 Å². The zero-order valence-corrected chi connectivity index (χ0v) is 18.1. The molecular weight excluding hydrogens is 402 g/mol. The van der Waals surface area contributed by atoms with E-state index < -0.39 is 0 Å². The summed E-state index contributed by atoms with van der Waals surface area (Å²) in [6, 6.07) is 11.7. The number of fused-ring (bicyclic) bond motifs is 4. The number of nitrogens with zero attached hydrogens (tertiary/aromatic N) is 3. The molecule has 0 aliphatic heterocycles. The Morgan fingerprint density at radius 2 is 1.78 bits per heavy atom. The summed E-state index contributed by atoms with van der Waals surface area (Å²) in [6.45, 7) is 0. The van der Waals surface area contributed by atoms with Crippen LogP contribution in [-0.2, 0) is 12.8 Å². The van der Waals surface area contributed by atoms with Crippen LogP contribution in [0.4, 0.5) is 0 Å². The van der Waals surface area contributed by atoms with Gasteiger partial charge in [-0.15, -0.1) is 0 Å². The molecule has 162 valence electrons. The van der Waals surface area contributed by atoms with Crippen LogP contribution < -0.4 is 16.0 Å². The highest BCUT2D eigenvalue weighted by Crippen LogP contribution is 2.34. The fraction of sp³-hybridized carbons (Fsp3) is 0.346. The Morgan fingerprint density at radius 1 is 0.969 bits per heavy atom. The highest BCUT2D eigenvalue weighted by Gasteiger charge is 2.26. The molecule has 0 radical (unpaired) electrons. The molecule has 32 heavy (non-hydrogen) atoms. The zero-order chi connectivity index (χ0) is 21.8. The molecule has 1 fully saturated rings. The lowest BCUT2D eigenvalue weighted by Gasteiger charge is -2.20. The summed E-state index contributed by atoms with van der Waals surface area (Å²) in [5.41, 5.74) is 3.98. The highest BCUT2D eigenvalue weighted by molar-refractivity contribution is 6.05. The van der Waals surface area contributed by atoms with E-state index in [0.29, 0.717) is 27.9 Å². The van der Waals surface area contributed by atoms with Crippen molar-refractivity contribution in [2.75, 3.05) is 7.11 Å². The molecule has 0 saturated heterocycles. The fourth-order valence-electron chi connectivity index (χ4n) is 5.60. The molecule has 2 aromatic carbocycles. The van der Waals surface area contributed by atoms with E-state index >= 15 is 0 Å². The monoisotopic (exact) mass is 427 g/mol. The lowest BCUT2D eigenvalue weighted by molar-refractivity contribution is 0.419. The summed E-state index contributed by atoms with van der Waals surface area (Å²) in [4.78, 5) is 32.2. The largest absolute Gasteiger partial charge is 0.494 e. The molecule has 2 aliphatic rings. The van der Waals surface area contributed by atoms with Crippen molar-refractivity contribution >= 4 is 21.8 Å². The molecule has 0 bridgehead atoms. The van der Waals surface area contributed by atoms with Crippen molar-refractivity contribution in [3.05, 3.63) is 74.6 Å². The highest BCUT2D eigenvalue weighted by atomic mass is 16.5. The minimum Gasteiger partial charge on any atom is -0.494 e. The van der Waals surface area contributed by atoms with Crippen molar-refractivity contribution in [1.29, 1.82) is 0 Å². The number of benzene rings is 2. The van der Waals surface area contributed by atoms with Gasteiger partial charge in [0.25, 0.3) is 5.56 Å². The second-order valence-electron chi connectivity index (χ2n) is 8.91. The number of rotatable bonds is 3. The maximum absolute atomic E-state index is 14.0. The predicted molar refractivity (Wildman–Crippen MR) is 125 cm³/mol. The first-order chi connectivity index (χ1) is 15.7. The zero-order valence-electron chi connectivity index (χ0n) is 18.1. The van der Waals surface area contributed by atoms with Crippen LogP contribution in [0.25, 0.3) is 27.5 Å². The van der Waals surface area contributed by atoms with Crippen LogP contribution in [0.15, 0.2) is 52.2 Å². The predicted octanol–water partition coefficient (Wildman–Crippen LogP) is 4.31. The number of hydrogen-bond donors (Lipinski definition) is 0. The Hall–Kier alpha value is -3.41. The summed E-state index contributed by atoms with van der Waals surface area (Å²) in [7, 11) is 1.61. The molecule has 0 amide bonds. The molecule has 2 aliphatic carbocycles. The Balaban J connectivity index is 1.74. The molecular formula is C26H25N3O3. The van der Waals surface area contributed by atoms with Gasteiger partial charge in [0.05, 0.1) is 23.7 Å². The summed E-state index contributed by atoms with van der Waals surface area (Å²) in [5.74, 6) is 0.637. The van der Waals surface area contributed by atoms with Gasteiger partial charge >= 0.3 is 5.69 Å². The van der Waals surface area contributed by atoms with Gasteiger partial charge in [0.1, 0.15) is 11.3 Å². The molecule has 1 saturated carbocycles. The van der Waals surface area contributed by atoms with Crippen molar-refractivity contribution in [3.63, 3.8) is 0 Å². The normalized spacial score (nSPS) is 16.2. The van der Waals surface area contributed by atoms with E-state index in [0.717, 1.165) is 50.3 Å². The average molecular weight is 428 g/mol. The van der Waals surface area contributed by atoms with Gasteiger partial charge in [-0.05, 0) is 61.4 Å². The fourth-order valence-corrected chi connectivity index (χ4v) is 5.60. The number of ether oxygens (including phenoxy) is 1. The Kier molecular flexibility index (Phi) is 4.42.